The van der Waals surface area contributed by atoms with E-state index in [1.54, 1.807) is 0 Å². The molecule has 0 spiro atoms. The SMILES string of the molecule is CC(C)CC(CNC(C)C)C1CCS(=O)(=O)C1. The first-order chi connectivity index (χ1) is 7.80. The summed E-state index contributed by atoms with van der Waals surface area (Å²) in [7, 11) is -2.74. The first-order valence-corrected chi connectivity index (χ1v) is 8.56. The molecule has 0 amide bonds. The Bertz CT molecular complexity index is 322. The zero-order valence-corrected chi connectivity index (χ0v) is 12.4. The minimum absolute atomic E-state index is 0.369. The Morgan fingerprint density at radius 3 is 2.29 bits per heavy atom. The van der Waals surface area contributed by atoms with Crippen molar-refractivity contribution in [1.82, 2.24) is 5.32 Å². The second kappa shape index (κ2) is 6.19. The molecule has 4 heteroatoms. The van der Waals surface area contributed by atoms with Crippen LogP contribution in [0.25, 0.3) is 0 Å². The Kier molecular flexibility index (Phi) is 5.45. The lowest BCUT2D eigenvalue weighted by atomic mass is 9.85. The quantitative estimate of drug-likeness (QED) is 0.796. The molecule has 0 aromatic rings. The second-order valence-electron chi connectivity index (χ2n) is 6.12. The van der Waals surface area contributed by atoms with Gasteiger partial charge in [0.15, 0.2) is 9.84 Å². The summed E-state index contributed by atoms with van der Waals surface area (Å²) in [6, 6.07) is 0.475. The van der Waals surface area contributed by atoms with Crippen molar-refractivity contribution in [1.29, 1.82) is 0 Å². The molecule has 0 radical (unpaired) electrons. The van der Waals surface area contributed by atoms with Gasteiger partial charge in [0.2, 0.25) is 0 Å². The van der Waals surface area contributed by atoms with Gasteiger partial charge in [-0.25, -0.2) is 8.42 Å². The van der Waals surface area contributed by atoms with E-state index in [9.17, 15) is 8.42 Å². The van der Waals surface area contributed by atoms with E-state index in [0.29, 0.717) is 35.3 Å². The van der Waals surface area contributed by atoms with E-state index in [1.165, 1.54) is 0 Å². The van der Waals surface area contributed by atoms with Gasteiger partial charge >= 0.3 is 0 Å². The van der Waals surface area contributed by atoms with Crippen LogP contribution in [0.5, 0.6) is 0 Å². The molecule has 17 heavy (non-hydrogen) atoms. The Morgan fingerprint density at radius 2 is 1.88 bits per heavy atom. The van der Waals surface area contributed by atoms with Crippen LogP contribution in [0, 0.1) is 17.8 Å². The van der Waals surface area contributed by atoms with Crippen LogP contribution in [-0.4, -0.2) is 32.5 Å². The molecule has 0 bridgehead atoms. The minimum atomic E-state index is -2.74. The lowest BCUT2D eigenvalue weighted by molar-refractivity contribution is 0.285. The van der Waals surface area contributed by atoms with Crippen LogP contribution in [0.4, 0.5) is 0 Å². The van der Waals surface area contributed by atoms with Crippen molar-refractivity contribution < 1.29 is 8.42 Å². The predicted molar refractivity (Wildman–Crippen MR) is 72.8 cm³/mol. The van der Waals surface area contributed by atoms with Crippen LogP contribution in [0.1, 0.15) is 40.5 Å². The summed E-state index contributed by atoms with van der Waals surface area (Å²) >= 11 is 0. The summed E-state index contributed by atoms with van der Waals surface area (Å²) in [6.07, 6.45) is 1.99. The molecule has 3 nitrogen and oxygen atoms in total. The molecule has 1 rings (SSSR count). The highest BCUT2D eigenvalue weighted by Crippen LogP contribution is 2.30. The van der Waals surface area contributed by atoms with Crippen LogP contribution in [0.15, 0.2) is 0 Å². The Labute approximate surface area is 106 Å². The molecule has 2 atom stereocenters. The van der Waals surface area contributed by atoms with Crippen molar-refractivity contribution in [3.63, 3.8) is 0 Å². The second-order valence-corrected chi connectivity index (χ2v) is 8.34. The highest BCUT2D eigenvalue weighted by molar-refractivity contribution is 7.91. The molecule has 1 fully saturated rings. The summed E-state index contributed by atoms with van der Waals surface area (Å²) in [6.45, 7) is 9.66. The maximum absolute atomic E-state index is 11.5. The number of nitrogens with one attached hydrogen (secondary N) is 1. The van der Waals surface area contributed by atoms with Gasteiger partial charge in [-0.3, -0.25) is 0 Å². The molecule has 1 aliphatic heterocycles. The zero-order valence-electron chi connectivity index (χ0n) is 11.6. The first-order valence-electron chi connectivity index (χ1n) is 6.74. The van der Waals surface area contributed by atoms with Crippen molar-refractivity contribution >= 4 is 9.84 Å². The van der Waals surface area contributed by atoms with Crippen LogP contribution in [-0.2, 0) is 9.84 Å². The van der Waals surface area contributed by atoms with Gasteiger partial charge in [0.1, 0.15) is 0 Å². The lowest BCUT2D eigenvalue weighted by Gasteiger charge is -2.25. The fraction of sp³-hybridized carbons (Fsp3) is 1.00. The summed E-state index contributed by atoms with van der Waals surface area (Å²) in [4.78, 5) is 0. The number of hydrogen-bond acceptors (Lipinski definition) is 3. The van der Waals surface area contributed by atoms with Gasteiger partial charge in [0.05, 0.1) is 11.5 Å². The van der Waals surface area contributed by atoms with Gasteiger partial charge in [-0.15, -0.1) is 0 Å². The van der Waals surface area contributed by atoms with Crippen LogP contribution in [0.2, 0.25) is 0 Å². The van der Waals surface area contributed by atoms with Crippen molar-refractivity contribution in [2.75, 3.05) is 18.1 Å². The molecule has 0 aromatic carbocycles. The van der Waals surface area contributed by atoms with Gasteiger partial charge in [0.25, 0.3) is 0 Å². The third kappa shape index (κ3) is 5.38. The van der Waals surface area contributed by atoms with E-state index in [2.05, 4.69) is 33.0 Å². The highest BCUT2D eigenvalue weighted by atomic mass is 32.2. The Morgan fingerprint density at radius 1 is 1.24 bits per heavy atom. The number of rotatable bonds is 6. The summed E-state index contributed by atoms with van der Waals surface area (Å²) < 4.78 is 23.1. The van der Waals surface area contributed by atoms with Gasteiger partial charge in [-0.2, -0.15) is 0 Å². The van der Waals surface area contributed by atoms with Gasteiger partial charge < -0.3 is 5.32 Å². The summed E-state index contributed by atoms with van der Waals surface area (Å²) in [5, 5.41) is 3.46. The third-order valence-electron chi connectivity index (χ3n) is 3.50. The topological polar surface area (TPSA) is 46.2 Å². The lowest BCUT2D eigenvalue weighted by Crippen LogP contribution is -2.33. The molecule has 102 valence electrons. The van der Waals surface area contributed by atoms with Crippen molar-refractivity contribution in [2.24, 2.45) is 17.8 Å². The predicted octanol–water partition coefficient (Wildman–Crippen LogP) is 2.08. The minimum Gasteiger partial charge on any atom is -0.314 e. The summed E-state index contributed by atoms with van der Waals surface area (Å²) in [5.74, 6) is 2.32. The number of hydrogen-bond donors (Lipinski definition) is 1. The average molecular weight is 261 g/mol. The molecule has 1 heterocycles. The molecule has 1 aliphatic rings. The largest absolute Gasteiger partial charge is 0.314 e. The first kappa shape index (κ1) is 15.0. The normalized spacial score (nSPS) is 25.6. The fourth-order valence-electron chi connectivity index (χ4n) is 2.63. The van der Waals surface area contributed by atoms with Crippen molar-refractivity contribution in [3.8, 4) is 0 Å². The van der Waals surface area contributed by atoms with Crippen LogP contribution >= 0.6 is 0 Å². The van der Waals surface area contributed by atoms with E-state index in [4.69, 9.17) is 0 Å². The Balaban J connectivity index is 2.57. The van der Waals surface area contributed by atoms with Crippen LogP contribution in [0.3, 0.4) is 0 Å². The molecule has 1 saturated heterocycles. The van der Waals surface area contributed by atoms with Crippen molar-refractivity contribution in [2.45, 2.75) is 46.6 Å². The standard InChI is InChI=1S/C13H27NO2S/c1-10(2)7-13(8-14-11(3)4)12-5-6-17(15,16)9-12/h10-14H,5-9H2,1-4H3. The number of sulfone groups is 1. The fourth-order valence-corrected chi connectivity index (χ4v) is 4.55. The molecule has 0 aliphatic carbocycles. The molecule has 2 unspecified atom stereocenters. The molecular weight excluding hydrogens is 234 g/mol. The molecule has 0 saturated carbocycles. The van der Waals surface area contributed by atoms with E-state index in [-0.39, 0.29) is 0 Å². The average Bonchev–Trinajstić information content (AvgIpc) is 2.52. The van der Waals surface area contributed by atoms with E-state index >= 15 is 0 Å². The molecule has 1 N–H and O–H groups in total. The maximum atomic E-state index is 11.5. The molecule has 0 aromatic heterocycles. The van der Waals surface area contributed by atoms with Crippen LogP contribution < -0.4 is 5.32 Å². The summed E-state index contributed by atoms with van der Waals surface area (Å²) in [5.41, 5.74) is 0. The van der Waals surface area contributed by atoms with E-state index in [1.807, 2.05) is 0 Å². The van der Waals surface area contributed by atoms with Crippen molar-refractivity contribution in [3.05, 3.63) is 0 Å². The van der Waals surface area contributed by atoms with Gasteiger partial charge in [-0.05, 0) is 37.1 Å². The third-order valence-corrected chi connectivity index (χ3v) is 5.29. The maximum Gasteiger partial charge on any atom is 0.150 e. The van der Waals surface area contributed by atoms with E-state index in [0.717, 1.165) is 19.4 Å². The smallest absolute Gasteiger partial charge is 0.150 e. The van der Waals surface area contributed by atoms with Gasteiger partial charge in [-0.1, -0.05) is 27.7 Å². The zero-order chi connectivity index (χ0) is 13.1. The van der Waals surface area contributed by atoms with E-state index < -0.39 is 9.84 Å². The monoisotopic (exact) mass is 261 g/mol. The Hall–Kier alpha value is -0.0900. The van der Waals surface area contributed by atoms with Gasteiger partial charge in [0, 0.05) is 6.04 Å². The molecular formula is C13H27NO2S. The highest BCUT2D eigenvalue weighted by Gasteiger charge is 2.33.